The second kappa shape index (κ2) is 8.27. The van der Waals surface area contributed by atoms with Crippen LogP contribution < -0.4 is 0 Å². The van der Waals surface area contributed by atoms with E-state index in [1.165, 1.54) is 77.5 Å². The van der Waals surface area contributed by atoms with Crippen LogP contribution in [-0.2, 0) is 6.42 Å². The molecule has 0 amide bonds. The Kier molecular flexibility index (Phi) is 4.68. The van der Waals surface area contributed by atoms with Gasteiger partial charge in [-0.1, -0.05) is 48.9 Å². The standard InChI is InChI=1S/C35H28N4/c1-3-23-6-12-27(13-7-23)39-31-15-9-25(21-29(31)35-33(39)17-19-37-35)24-8-14-30-28(20-24)34-32(16-18-36-34)38(30)26-10-4-22(2)5-11-26/h4-21,36-37H,3H2,1-2H3. The molecule has 0 fully saturated rings. The van der Waals surface area contributed by atoms with Crippen LogP contribution in [0, 0.1) is 6.92 Å². The number of H-pyrrole nitrogens is 2. The molecular weight excluding hydrogens is 476 g/mol. The Bertz CT molecular complexity index is 2140. The van der Waals surface area contributed by atoms with E-state index >= 15 is 0 Å². The number of hydrogen-bond acceptors (Lipinski definition) is 0. The van der Waals surface area contributed by atoms with Gasteiger partial charge in [0.1, 0.15) is 0 Å². The Hall–Kier alpha value is -4.96. The van der Waals surface area contributed by atoms with E-state index in [1.54, 1.807) is 0 Å². The lowest BCUT2D eigenvalue weighted by atomic mass is 10.0. The van der Waals surface area contributed by atoms with Crippen LogP contribution in [0.15, 0.2) is 109 Å². The van der Waals surface area contributed by atoms with Crippen molar-refractivity contribution in [2.24, 2.45) is 0 Å². The van der Waals surface area contributed by atoms with Crippen molar-refractivity contribution in [3.63, 3.8) is 0 Å². The highest BCUT2D eigenvalue weighted by atomic mass is 15.0. The summed E-state index contributed by atoms with van der Waals surface area (Å²) in [5, 5.41) is 2.46. The number of aromatic nitrogens is 4. The third kappa shape index (κ3) is 3.25. The predicted octanol–water partition coefficient (Wildman–Crippen LogP) is 9.07. The van der Waals surface area contributed by atoms with Crippen molar-refractivity contribution in [3.8, 4) is 22.5 Å². The van der Waals surface area contributed by atoms with Crippen molar-refractivity contribution in [1.82, 2.24) is 19.1 Å². The molecule has 0 saturated heterocycles. The summed E-state index contributed by atoms with van der Waals surface area (Å²) in [7, 11) is 0. The molecule has 0 aliphatic rings. The van der Waals surface area contributed by atoms with Gasteiger partial charge in [0.05, 0.1) is 33.1 Å². The highest BCUT2D eigenvalue weighted by Crippen LogP contribution is 2.37. The Labute approximate surface area is 226 Å². The first-order valence-electron chi connectivity index (χ1n) is 13.6. The first-order valence-corrected chi connectivity index (χ1v) is 13.6. The molecule has 0 atom stereocenters. The van der Waals surface area contributed by atoms with Crippen molar-refractivity contribution in [2.75, 3.05) is 0 Å². The van der Waals surface area contributed by atoms with Gasteiger partial charge >= 0.3 is 0 Å². The Morgan fingerprint density at radius 1 is 0.538 bits per heavy atom. The number of aryl methyl sites for hydroxylation is 2. The topological polar surface area (TPSA) is 41.4 Å². The molecule has 0 aliphatic heterocycles. The lowest BCUT2D eigenvalue weighted by molar-refractivity contribution is 1.12. The van der Waals surface area contributed by atoms with Gasteiger partial charge in [0.15, 0.2) is 0 Å². The molecule has 4 heteroatoms. The largest absolute Gasteiger partial charge is 0.359 e. The maximum absolute atomic E-state index is 3.50. The first kappa shape index (κ1) is 22.1. The van der Waals surface area contributed by atoms with Gasteiger partial charge in [0.25, 0.3) is 0 Å². The molecule has 188 valence electrons. The highest BCUT2D eigenvalue weighted by molar-refractivity contribution is 6.11. The second-order valence-corrected chi connectivity index (χ2v) is 10.5. The summed E-state index contributed by atoms with van der Waals surface area (Å²) in [5.41, 5.74) is 14.6. The maximum Gasteiger partial charge on any atom is 0.0720 e. The highest BCUT2D eigenvalue weighted by Gasteiger charge is 2.17. The van der Waals surface area contributed by atoms with Crippen LogP contribution in [-0.4, -0.2) is 19.1 Å². The fraction of sp³-hybridized carbons (Fsp3) is 0.0857. The van der Waals surface area contributed by atoms with Gasteiger partial charge in [-0.3, -0.25) is 0 Å². The van der Waals surface area contributed by atoms with Crippen LogP contribution in [0.3, 0.4) is 0 Å². The first-order chi connectivity index (χ1) is 19.2. The molecule has 4 aromatic carbocycles. The lowest BCUT2D eigenvalue weighted by Crippen LogP contribution is -1.94. The molecule has 0 radical (unpaired) electrons. The second-order valence-electron chi connectivity index (χ2n) is 10.5. The van der Waals surface area contributed by atoms with Crippen molar-refractivity contribution < 1.29 is 0 Å². The van der Waals surface area contributed by atoms with Gasteiger partial charge in [-0.25, -0.2) is 0 Å². The van der Waals surface area contributed by atoms with Crippen LogP contribution in [0.25, 0.3) is 66.4 Å². The fourth-order valence-electron chi connectivity index (χ4n) is 6.14. The molecule has 0 spiro atoms. The summed E-state index contributed by atoms with van der Waals surface area (Å²) in [6.45, 7) is 4.32. The van der Waals surface area contributed by atoms with E-state index in [-0.39, 0.29) is 0 Å². The van der Waals surface area contributed by atoms with Crippen LogP contribution in [0.4, 0.5) is 0 Å². The maximum atomic E-state index is 3.50. The van der Waals surface area contributed by atoms with Crippen LogP contribution in [0.2, 0.25) is 0 Å². The van der Waals surface area contributed by atoms with E-state index in [0.717, 1.165) is 6.42 Å². The molecule has 2 N–H and O–H groups in total. The summed E-state index contributed by atoms with van der Waals surface area (Å²) < 4.78 is 4.71. The van der Waals surface area contributed by atoms with Gasteiger partial charge in [0.2, 0.25) is 0 Å². The molecule has 4 heterocycles. The molecule has 39 heavy (non-hydrogen) atoms. The van der Waals surface area contributed by atoms with E-state index in [2.05, 4.69) is 130 Å². The van der Waals surface area contributed by atoms with E-state index in [0.29, 0.717) is 0 Å². The molecule has 0 saturated carbocycles. The third-order valence-corrected chi connectivity index (χ3v) is 8.17. The van der Waals surface area contributed by atoms with Crippen molar-refractivity contribution in [2.45, 2.75) is 20.3 Å². The lowest BCUT2D eigenvalue weighted by Gasteiger charge is -2.10. The van der Waals surface area contributed by atoms with E-state index in [4.69, 9.17) is 0 Å². The molecule has 0 bridgehead atoms. The van der Waals surface area contributed by atoms with E-state index < -0.39 is 0 Å². The van der Waals surface area contributed by atoms with Crippen molar-refractivity contribution >= 4 is 43.9 Å². The Morgan fingerprint density at radius 2 is 1.03 bits per heavy atom. The summed E-state index contributed by atoms with van der Waals surface area (Å²) in [5.74, 6) is 0. The number of aromatic amines is 2. The summed E-state index contributed by atoms with van der Waals surface area (Å²) in [6, 6.07) is 35.7. The van der Waals surface area contributed by atoms with Crippen LogP contribution in [0.5, 0.6) is 0 Å². The molecule has 4 nitrogen and oxygen atoms in total. The predicted molar refractivity (Wildman–Crippen MR) is 163 cm³/mol. The number of nitrogens with one attached hydrogen (secondary N) is 2. The van der Waals surface area contributed by atoms with Crippen LogP contribution in [0.1, 0.15) is 18.1 Å². The number of hydrogen-bond donors (Lipinski definition) is 2. The zero-order chi connectivity index (χ0) is 26.1. The molecular formula is C35H28N4. The molecule has 8 aromatic rings. The number of benzene rings is 4. The zero-order valence-electron chi connectivity index (χ0n) is 22.0. The minimum atomic E-state index is 1.04. The Morgan fingerprint density at radius 3 is 1.51 bits per heavy atom. The van der Waals surface area contributed by atoms with Crippen LogP contribution >= 0.6 is 0 Å². The average molecular weight is 505 g/mol. The SMILES string of the molecule is CCc1ccc(-n2c3ccc(-c4ccc5c(c4)c4[nH]ccc4n5-c4ccc(C)cc4)cc3c3[nH]ccc32)cc1. The number of fused-ring (bicyclic) bond motifs is 6. The normalized spacial score (nSPS) is 11.9. The molecule has 4 aromatic heterocycles. The molecule has 8 rings (SSSR count). The average Bonchev–Trinajstić information content (AvgIpc) is 3.75. The van der Waals surface area contributed by atoms with E-state index in [9.17, 15) is 0 Å². The van der Waals surface area contributed by atoms with Crippen molar-refractivity contribution in [1.29, 1.82) is 0 Å². The minimum Gasteiger partial charge on any atom is -0.359 e. The van der Waals surface area contributed by atoms with Gasteiger partial charge in [-0.05, 0) is 90.7 Å². The summed E-state index contributed by atoms with van der Waals surface area (Å²) in [6.07, 6.45) is 5.12. The minimum absolute atomic E-state index is 1.04. The van der Waals surface area contributed by atoms with Crippen molar-refractivity contribution in [3.05, 3.63) is 121 Å². The monoisotopic (exact) mass is 504 g/mol. The third-order valence-electron chi connectivity index (χ3n) is 8.17. The van der Waals surface area contributed by atoms with Gasteiger partial charge in [-0.2, -0.15) is 0 Å². The number of nitrogens with zero attached hydrogens (tertiary/aromatic N) is 2. The molecule has 0 aliphatic carbocycles. The van der Waals surface area contributed by atoms with E-state index in [1.807, 2.05) is 12.4 Å². The summed E-state index contributed by atoms with van der Waals surface area (Å²) >= 11 is 0. The number of rotatable bonds is 4. The Balaban J connectivity index is 1.30. The van der Waals surface area contributed by atoms with Gasteiger partial charge in [-0.15, -0.1) is 0 Å². The zero-order valence-corrected chi connectivity index (χ0v) is 22.0. The summed E-state index contributed by atoms with van der Waals surface area (Å²) in [4.78, 5) is 6.99. The van der Waals surface area contributed by atoms with Gasteiger partial charge < -0.3 is 19.1 Å². The van der Waals surface area contributed by atoms with Gasteiger partial charge in [0, 0.05) is 34.5 Å². The fourth-order valence-corrected chi connectivity index (χ4v) is 6.14. The smallest absolute Gasteiger partial charge is 0.0720 e. The molecule has 0 unspecified atom stereocenters. The quantitative estimate of drug-likeness (QED) is 0.240.